The highest BCUT2D eigenvalue weighted by Gasteiger charge is 2.38. The Labute approximate surface area is 421 Å². The third-order valence-electron chi connectivity index (χ3n) is 11.6. The number of rotatable bonds is 29. The summed E-state index contributed by atoms with van der Waals surface area (Å²) < 4.78 is 40.3. The number of nitrogens with zero attached hydrogens (tertiary/aromatic N) is 3. The van der Waals surface area contributed by atoms with Crippen LogP contribution in [0.3, 0.4) is 0 Å². The number of hydrogen-bond acceptors (Lipinski definition) is 11. The van der Waals surface area contributed by atoms with Crippen LogP contribution in [0.5, 0.6) is 0 Å². The van der Waals surface area contributed by atoms with E-state index in [1.54, 1.807) is 55.8 Å². The Bertz CT molecular complexity index is 2570. The van der Waals surface area contributed by atoms with E-state index >= 15 is 4.39 Å². The lowest BCUT2D eigenvalue weighted by Gasteiger charge is -2.41. The first kappa shape index (κ1) is 56.1. The second-order valence-electron chi connectivity index (χ2n) is 18.4. The molecule has 0 aliphatic carbocycles. The standard InChI is InChI=1S/C50H62F2N8O13/c1-50(2,3)46(38-24-31(33-25-32(51)13-14-34(33)52)28-58(38)27-30-10-6-4-7-11-30)60(44(67)29-61)23-20-35(47(70)54-21-19-41(64)55-36(49(72)73)15-18-45(68)69)57-48(71)37(26-39(53)62)56-40(63)12-8-5-9-22-59-42(65)16-17-43(59)66/h4,6-7,10-11,13-14,16-17,24-25,28,35-37,46,61H,5,8-9,12,15,18-23,26-27,29H2,1-3H3,(H2,53,62)(H,54,70)(H,55,64)(H,56,63)(H,57,71)(H,68,69)(H,72,73)/t35-,36-,37-,46-/m0/s1/i/hD. The quantitative estimate of drug-likeness (QED) is 0.0365. The number of amides is 8. The molecule has 4 atom stereocenters. The van der Waals surface area contributed by atoms with Crippen molar-refractivity contribution in [2.75, 3.05) is 26.2 Å². The van der Waals surface area contributed by atoms with Gasteiger partial charge in [-0.15, -0.1) is 0 Å². The van der Waals surface area contributed by atoms with E-state index in [4.69, 9.17) is 12.3 Å². The fourth-order valence-corrected chi connectivity index (χ4v) is 8.13. The van der Waals surface area contributed by atoms with Crippen LogP contribution in [0, 0.1) is 17.0 Å². The SMILES string of the molecule is [2H]N(CCC(=O)N[C@@H](CCC(=O)O)C(=O)O)C(=O)[C@H](CCN(C(=O)CO)[C@@H](c1cc(-c2cc(F)ccc2F)cn1Cc1ccccc1)C(C)(C)C)NC(=O)[C@H](CC(N)=O)NC(=O)CCCCCN1C(=O)C=CC1=O. The van der Waals surface area contributed by atoms with Gasteiger partial charge in [0.2, 0.25) is 35.4 Å². The third-order valence-corrected chi connectivity index (χ3v) is 11.6. The predicted molar refractivity (Wildman–Crippen MR) is 257 cm³/mol. The first-order valence-corrected chi connectivity index (χ1v) is 23.5. The van der Waals surface area contributed by atoms with Gasteiger partial charge in [0.05, 0.1) is 12.5 Å². The molecule has 4 rings (SSSR count). The first-order chi connectivity index (χ1) is 34.9. The van der Waals surface area contributed by atoms with Crippen molar-refractivity contribution in [1.29, 1.82) is 0 Å². The van der Waals surface area contributed by atoms with E-state index in [1.165, 1.54) is 4.90 Å². The number of carboxylic acids is 2. The largest absolute Gasteiger partial charge is 0.481 e. The molecule has 21 nitrogen and oxygen atoms in total. The second kappa shape index (κ2) is 27.1. The van der Waals surface area contributed by atoms with E-state index in [0.717, 1.165) is 40.8 Å². The molecular formula is C50H62F2N8O13. The van der Waals surface area contributed by atoms with Crippen molar-refractivity contribution in [2.45, 2.75) is 109 Å². The third kappa shape index (κ3) is 17.8. The van der Waals surface area contributed by atoms with Crippen LogP contribution in [0.25, 0.3) is 11.1 Å². The number of unbranched alkanes of at least 4 members (excludes halogenated alkanes) is 2. The van der Waals surface area contributed by atoms with Crippen molar-refractivity contribution < 1.29 is 73.5 Å². The number of carbonyl (C=O) groups is 10. The number of aliphatic carboxylic acids is 2. The normalized spacial score (nSPS) is 14.1. The smallest absolute Gasteiger partial charge is 0.326 e. The summed E-state index contributed by atoms with van der Waals surface area (Å²) in [6.07, 6.45) is 1.59. The molecule has 23 heteroatoms. The number of halogens is 2. The lowest BCUT2D eigenvalue weighted by molar-refractivity contribution is -0.143. The van der Waals surface area contributed by atoms with Crippen LogP contribution in [0.1, 0.15) is 95.9 Å². The van der Waals surface area contributed by atoms with Crippen LogP contribution in [0.15, 0.2) is 72.9 Å². The Balaban J connectivity index is 1.67. The number of nitrogens with one attached hydrogen (secondary N) is 4. The Morgan fingerprint density at radius 2 is 1.45 bits per heavy atom. The second-order valence-corrected chi connectivity index (χ2v) is 18.4. The molecule has 3 aromatic rings. The minimum atomic E-state index is -1.79. The summed E-state index contributed by atoms with van der Waals surface area (Å²) in [5.41, 5.74) is 5.82. The zero-order valence-electron chi connectivity index (χ0n) is 41.7. The van der Waals surface area contributed by atoms with Gasteiger partial charge in [0, 0.05) is 80.6 Å². The molecule has 1 aliphatic heterocycles. The Kier molecular flexibility index (Phi) is 20.8. The molecule has 8 amide bonds. The van der Waals surface area contributed by atoms with Gasteiger partial charge in [-0.25, -0.2) is 13.6 Å². The molecular weight excluding hydrogens is 959 g/mol. The molecule has 73 heavy (non-hydrogen) atoms. The average Bonchev–Trinajstić information content (AvgIpc) is 3.89. The molecule has 0 fully saturated rings. The summed E-state index contributed by atoms with van der Waals surface area (Å²) in [5.74, 6) is -11.2. The highest BCUT2D eigenvalue weighted by Crippen LogP contribution is 2.41. The highest BCUT2D eigenvalue weighted by molar-refractivity contribution is 6.12. The van der Waals surface area contributed by atoms with Gasteiger partial charge in [-0.3, -0.25) is 48.1 Å². The van der Waals surface area contributed by atoms with Crippen molar-refractivity contribution in [2.24, 2.45) is 11.1 Å². The van der Waals surface area contributed by atoms with Gasteiger partial charge in [0.25, 0.3) is 11.8 Å². The van der Waals surface area contributed by atoms with Gasteiger partial charge in [-0.2, -0.15) is 0 Å². The zero-order chi connectivity index (χ0) is 54.9. The van der Waals surface area contributed by atoms with Crippen molar-refractivity contribution >= 4 is 59.2 Å². The van der Waals surface area contributed by atoms with Gasteiger partial charge >= 0.3 is 11.9 Å². The Hall–Kier alpha value is -7.82. The summed E-state index contributed by atoms with van der Waals surface area (Å²) in [5, 5.41) is 36.2. The minimum absolute atomic E-state index is 0.0923. The molecule has 9 N–H and O–H groups in total. The maximum absolute atomic E-state index is 15.4. The van der Waals surface area contributed by atoms with E-state index in [9.17, 15) is 62.5 Å². The number of imide groups is 1. The van der Waals surface area contributed by atoms with Crippen molar-refractivity contribution in [3.05, 3.63) is 95.8 Å². The van der Waals surface area contributed by atoms with Crippen LogP contribution < -0.4 is 27.0 Å². The van der Waals surface area contributed by atoms with Gasteiger partial charge in [0.1, 0.15) is 36.4 Å². The van der Waals surface area contributed by atoms with Crippen LogP contribution in [0.4, 0.5) is 8.78 Å². The fourth-order valence-electron chi connectivity index (χ4n) is 8.13. The molecule has 0 unspecified atom stereocenters. The lowest BCUT2D eigenvalue weighted by atomic mass is 9.82. The highest BCUT2D eigenvalue weighted by atomic mass is 19.1. The molecule has 394 valence electrons. The molecule has 0 radical (unpaired) electrons. The summed E-state index contributed by atoms with van der Waals surface area (Å²) >= 11 is 0. The van der Waals surface area contributed by atoms with Crippen molar-refractivity contribution in [3.8, 4) is 11.1 Å². The van der Waals surface area contributed by atoms with Crippen molar-refractivity contribution in [1.82, 2.24) is 35.6 Å². The van der Waals surface area contributed by atoms with Gasteiger partial charge in [-0.1, -0.05) is 57.5 Å². The monoisotopic (exact) mass is 1020 g/mol. The van der Waals surface area contributed by atoms with Gasteiger partial charge in [0.15, 0.2) is 1.41 Å². The molecule has 2 aromatic carbocycles. The fraction of sp³-hybridized carbons (Fsp3) is 0.440. The van der Waals surface area contributed by atoms with E-state index in [1.807, 2.05) is 12.1 Å². The molecule has 0 saturated heterocycles. The Morgan fingerprint density at radius 3 is 2.07 bits per heavy atom. The maximum atomic E-state index is 15.4. The summed E-state index contributed by atoms with van der Waals surface area (Å²) in [4.78, 5) is 129. The van der Waals surface area contributed by atoms with Gasteiger partial charge in [-0.05, 0) is 60.9 Å². The van der Waals surface area contributed by atoms with E-state index in [2.05, 4.69) is 16.0 Å². The van der Waals surface area contributed by atoms with Crippen LogP contribution in [-0.2, 0) is 54.5 Å². The zero-order valence-corrected chi connectivity index (χ0v) is 40.7. The Morgan fingerprint density at radius 1 is 0.795 bits per heavy atom. The number of aromatic nitrogens is 1. The number of aliphatic hydroxyl groups is 1. The summed E-state index contributed by atoms with van der Waals surface area (Å²) in [6.45, 7) is 3.32. The number of carbonyl (C=O) groups excluding carboxylic acids is 8. The van der Waals surface area contributed by atoms with E-state index in [0.29, 0.717) is 18.5 Å². The average molecular weight is 1020 g/mol. The maximum Gasteiger partial charge on any atom is 0.326 e. The number of carboxylic acid groups (broad SMARTS) is 2. The van der Waals surface area contributed by atoms with Gasteiger partial charge < -0.3 is 51.8 Å². The number of primary amides is 1. The molecule has 0 saturated carbocycles. The molecule has 2 heterocycles. The summed E-state index contributed by atoms with van der Waals surface area (Å²) in [7, 11) is 0. The predicted octanol–water partition coefficient (Wildman–Crippen LogP) is 2.05. The molecule has 1 aliphatic rings. The lowest BCUT2D eigenvalue weighted by Crippen LogP contribution is -2.56. The number of aliphatic hydroxyl groups excluding tert-OH is 1. The first-order valence-electron chi connectivity index (χ1n) is 23.9. The van der Waals surface area contributed by atoms with Crippen LogP contribution >= 0.6 is 0 Å². The number of nitrogens with two attached hydrogens (primary N) is 1. The number of benzene rings is 2. The van der Waals surface area contributed by atoms with E-state index < -0.39 is 152 Å². The molecule has 0 bridgehead atoms. The minimum Gasteiger partial charge on any atom is -0.481 e. The number of hydrogen-bond donors (Lipinski definition) is 8. The van der Waals surface area contributed by atoms with Crippen LogP contribution in [-0.4, -0.2) is 133 Å². The van der Waals surface area contributed by atoms with E-state index in [-0.39, 0.29) is 42.4 Å². The van der Waals surface area contributed by atoms with Crippen LogP contribution in [0.2, 0.25) is 1.41 Å². The molecule has 0 spiro atoms. The topological polar surface area (TPSA) is 317 Å². The summed E-state index contributed by atoms with van der Waals surface area (Å²) in [6, 6.07) is 7.41. The van der Waals surface area contributed by atoms with Crippen molar-refractivity contribution in [3.63, 3.8) is 0 Å². The molecule has 1 aromatic heterocycles.